The second kappa shape index (κ2) is 7.75. The van der Waals surface area contributed by atoms with Gasteiger partial charge in [-0.15, -0.1) is 0 Å². The minimum absolute atomic E-state index is 0.0795. The molecular weight excluding hydrogens is 281 g/mol. The van der Waals surface area contributed by atoms with Gasteiger partial charge in [-0.25, -0.2) is 0 Å². The summed E-state index contributed by atoms with van der Waals surface area (Å²) in [4.78, 5) is 4.34. The Bertz CT molecular complexity index is 714. The number of hydrogen-bond acceptors (Lipinski definition) is 2. The van der Waals surface area contributed by atoms with Crippen molar-refractivity contribution in [2.24, 2.45) is 0 Å². The summed E-state index contributed by atoms with van der Waals surface area (Å²) in [5.74, 6) is 0. The van der Waals surface area contributed by atoms with Crippen molar-refractivity contribution in [3.8, 4) is 0 Å². The van der Waals surface area contributed by atoms with E-state index in [0.29, 0.717) is 6.61 Å². The van der Waals surface area contributed by atoms with E-state index in [9.17, 15) is 0 Å². The Morgan fingerprint density at radius 2 is 1.52 bits per heavy atom. The van der Waals surface area contributed by atoms with Crippen LogP contribution in [0.2, 0.25) is 0 Å². The number of rotatable bonds is 6. The Morgan fingerprint density at radius 3 is 2.17 bits per heavy atom. The Hall–Kier alpha value is -2.39. The second-order valence-electron chi connectivity index (χ2n) is 5.52. The van der Waals surface area contributed by atoms with Crippen molar-refractivity contribution in [2.75, 3.05) is 0 Å². The second-order valence-corrected chi connectivity index (χ2v) is 5.52. The number of aromatic nitrogens is 1. The minimum Gasteiger partial charge on any atom is -0.421 e. The predicted molar refractivity (Wildman–Crippen MR) is 96.3 cm³/mol. The van der Waals surface area contributed by atoms with Gasteiger partial charge in [-0.1, -0.05) is 67.6 Å². The lowest BCUT2D eigenvalue weighted by molar-refractivity contribution is 0.316. The molecule has 23 heavy (non-hydrogen) atoms. The standard InChI is InChI=1S/C20H20BNO/c1-2-17-11-13-19(14-12-17)21(18-8-4-3-5-9-18)23-16-20-10-6-7-15-22-20/h3-15H,2,16H2,1H3. The lowest BCUT2D eigenvalue weighted by atomic mass is 9.55. The zero-order chi connectivity index (χ0) is 15.9. The summed E-state index contributed by atoms with van der Waals surface area (Å²) in [6, 6.07) is 24.9. The topological polar surface area (TPSA) is 22.1 Å². The van der Waals surface area contributed by atoms with E-state index in [1.54, 1.807) is 6.20 Å². The van der Waals surface area contributed by atoms with Gasteiger partial charge in [0, 0.05) is 6.20 Å². The molecule has 0 N–H and O–H groups in total. The van der Waals surface area contributed by atoms with Gasteiger partial charge in [-0.3, -0.25) is 4.98 Å². The minimum atomic E-state index is -0.0795. The van der Waals surface area contributed by atoms with Crippen molar-refractivity contribution < 1.29 is 4.65 Å². The molecule has 0 aliphatic carbocycles. The molecule has 3 rings (SSSR count). The summed E-state index contributed by atoms with van der Waals surface area (Å²) >= 11 is 0. The lowest BCUT2D eigenvalue weighted by Crippen LogP contribution is -2.44. The number of pyridine rings is 1. The van der Waals surface area contributed by atoms with Gasteiger partial charge < -0.3 is 4.65 Å². The average molecular weight is 301 g/mol. The van der Waals surface area contributed by atoms with Crippen LogP contribution in [0.1, 0.15) is 18.2 Å². The lowest BCUT2D eigenvalue weighted by Gasteiger charge is -2.15. The predicted octanol–water partition coefficient (Wildman–Crippen LogP) is 2.97. The number of nitrogens with zero attached hydrogens (tertiary/aromatic N) is 1. The van der Waals surface area contributed by atoms with Gasteiger partial charge in [-0.05, 0) is 35.0 Å². The van der Waals surface area contributed by atoms with Crippen molar-refractivity contribution in [3.05, 3.63) is 90.3 Å². The molecule has 0 bridgehead atoms. The molecule has 0 unspecified atom stereocenters. The van der Waals surface area contributed by atoms with Gasteiger partial charge >= 0.3 is 6.92 Å². The number of aryl methyl sites for hydroxylation is 1. The molecule has 114 valence electrons. The molecule has 1 aromatic heterocycles. The van der Waals surface area contributed by atoms with Crippen LogP contribution in [0.15, 0.2) is 79.0 Å². The molecule has 0 saturated carbocycles. The summed E-state index contributed by atoms with van der Waals surface area (Å²) in [6.45, 7) is 2.58. The molecule has 0 atom stereocenters. The third kappa shape index (κ3) is 4.08. The van der Waals surface area contributed by atoms with Crippen LogP contribution in [-0.2, 0) is 17.7 Å². The molecule has 2 aromatic carbocycles. The molecule has 2 nitrogen and oxygen atoms in total. The number of benzene rings is 2. The van der Waals surface area contributed by atoms with E-state index < -0.39 is 0 Å². The van der Waals surface area contributed by atoms with E-state index >= 15 is 0 Å². The highest BCUT2D eigenvalue weighted by Crippen LogP contribution is 2.03. The maximum atomic E-state index is 6.21. The largest absolute Gasteiger partial charge is 0.421 e. The summed E-state index contributed by atoms with van der Waals surface area (Å²) in [7, 11) is 0. The van der Waals surface area contributed by atoms with Gasteiger partial charge in [0.15, 0.2) is 0 Å². The zero-order valence-electron chi connectivity index (χ0n) is 13.4. The molecule has 0 fully saturated rings. The quantitative estimate of drug-likeness (QED) is 0.653. The summed E-state index contributed by atoms with van der Waals surface area (Å²) < 4.78 is 6.21. The Morgan fingerprint density at radius 1 is 0.826 bits per heavy atom. The molecule has 0 amide bonds. The van der Waals surface area contributed by atoms with Crippen molar-refractivity contribution in [2.45, 2.75) is 20.0 Å². The van der Waals surface area contributed by atoms with E-state index in [0.717, 1.165) is 17.6 Å². The van der Waals surface area contributed by atoms with Gasteiger partial charge in [0.05, 0.1) is 12.3 Å². The van der Waals surface area contributed by atoms with Crippen LogP contribution in [0, 0.1) is 0 Å². The summed E-state index contributed by atoms with van der Waals surface area (Å²) in [5, 5.41) is 0. The molecule has 1 heterocycles. The first-order valence-electron chi connectivity index (χ1n) is 8.02. The van der Waals surface area contributed by atoms with Crippen LogP contribution >= 0.6 is 0 Å². The van der Waals surface area contributed by atoms with E-state index in [1.807, 2.05) is 36.4 Å². The molecular formula is C20H20BNO. The van der Waals surface area contributed by atoms with Crippen molar-refractivity contribution in [3.63, 3.8) is 0 Å². The van der Waals surface area contributed by atoms with Crippen LogP contribution in [0.3, 0.4) is 0 Å². The van der Waals surface area contributed by atoms with Crippen molar-refractivity contribution in [1.82, 2.24) is 4.98 Å². The normalized spacial score (nSPS) is 10.5. The molecule has 3 aromatic rings. The molecule has 0 saturated heterocycles. The third-order valence-electron chi connectivity index (χ3n) is 3.92. The van der Waals surface area contributed by atoms with Crippen LogP contribution in [-0.4, -0.2) is 11.9 Å². The van der Waals surface area contributed by atoms with Gasteiger partial charge in [0.2, 0.25) is 0 Å². The van der Waals surface area contributed by atoms with E-state index in [-0.39, 0.29) is 6.92 Å². The zero-order valence-corrected chi connectivity index (χ0v) is 13.4. The monoisotopic (exact) mass is 301 g/mol. The molecule has 0 aliphatic rings. The fourth-order valence-corrected chi connectivity index (χ4v) is 2.59. The van der Waals surface area contributed by atoms with E-state index in [4.69, 9.17) is 4.65 Å². The summed E-state index contributed by atoms with van der Waals surface area (Å²) in [5.41, 5.74) is 4.61. The Balaban J connectivity index is 1.84. The average Bonchev–Trinajstić information content (AvgIpc) is 2.64. The summed E-state index contributed by atoms with van der Waals surface area (Å²) in [6.07, 6.45) is 2.84. The highest BCUT2D eigenvalue weighted by atomic mass is 16.4. The van der Waals surface area contributed by atoms with Crippen molar-refractivity contribution in [1.29, 1.82) is 0 Å². The maximum Gasteiger partial charge on any atom is 0.361 e. The molecule has 0 radical (unpaired) electrons. The Kier molecular flexibility index (Phi) is 5.23. The highest BCUT2D eigenvalue weighted by Gasteiger charge is 2.21. The SMILES string of the molecule is CCc1ccc(B(OCc2ccccn2)c2ccccc2)cc1. The van der Waals surface area contributed by atoms with Gasteiger partial charge in [0.1, 0.15) is 0 Å². The van der Waals surface area contributed by atoms with Crippen molar-refractivity contribution >= 4 is 17.8 Å². The van der Waals surface area contributed by atoms with E-state index in [2.05, 4.69) is 48.3 Å². The van der Waals surface area contributed by atoms with Crippen LogP contribution in [0.4, 0.5) is 0 Å². The fourth-order valence-electron chi connectivity index (χ4n) is 2.59. The smallest absolute Gasteiger partial charge is 0.361 e. The Labute approximate surface area is 138 Å². The first-order valence-corrected chi connectivity index (χ1v) is 8.02. The highest BCUT2D eigenvalue weighted by molar-refractivity contribution is 6.80. The van der Waals surface area contributed by atoms with Crippen LogP contribution in [0.25, 0.3) is 0 Å². The van der Waals surface area contributed by atoms with Gasteiger partial charge in [0.25, 0.3) is 0 Å². The van der Waals surface area contributed by atoms with E-state index in [1.165, 1.54) is 11.0 Å². The fraction of sp³-hybridized carbons (Fsp3) is 0.150. The number of hydrogen-bond donors (Lipinski definition) is 0. The molecule has 0 aliphatic heterocycles. The van der Waals surface area contributed by atoms with Crippen LogP contribution in [0.5, 0.6) is 0 Å². The van der Waals surface area contributed by atoms with Crippen LogP contribution < -0.4 is 10.9 Å². The molecule has 3 heteroatoms. The third-order valence-corrected chi connectivity index (χ3v) is 3.92. The first kappa shape index (κ1) is 15.5. The maximum absolute atomic E-state index is 6.21. The first-order chi connectivity index (χ1) is 11.4. The van der Waals surface area contributed by atoms with Gasteiger partial charge in [-0.2, -0.15) is 0 Å². The molecule has 0 spiro atoms.